The molecule has 0 atom stereocenters. The lowest BCUT2D eigenvalue weighted by Gasteiger charge is -2.17. The van der Waals surface area contributed by atoms with Crippen molar-refractivity contribution in [3.8, 4) is 0 Å². The monoisotopic (exact) mass is 259 g/mol. The number of allylic oxidation sites excluding steroid dienone is 1. The van der Waals surface area contributed by atoms with Gasteiger partial charge < -0.3 is 10.0 Å². The predicted molar refractivity (Wildman–Crippen MR) is 71.4 cm³/mol. The molecule has 0 fully saturated rings. The molecule has 1 N–H and O–H groups in total. The molecule has 1 aliphatic rings. The molecule has 1 heterocycles. The average molecular weight is 259 g/mol. The molecule has 1 aromatic rings. The third-order valence-electron chi connectivity index (χ3n) is 3.42. The lowest BCUT2D eigenvalue weighted by atomic mass is 10.1. The Morgan fingerprint density at radius 1 is 1.32 bits per heavy atom. The zero-order chi connectivity index (χ0) is 13.8. The summed E-state index contributed by atoms with van der Waals surface area (Å²) in [7, 11) is 0. The number of benzene rings is 1. The van der Waals surface area contributed by atoms with Crippen LogP contribution in [0.5, 0.6) is 0 Å². The lowest BCUT2D eigenvalue weighted by molar-refractivity contribution is -0.134. The molecule has 0 bridgehead atoms. The van der Waals surface area contributed by atoms with Gasteiger partial charge in [0, 0.05) is 12.2 Å². The van der Waals surface area contributed by atoms with Gasteiger partial charge in [-0.15, -0.1) is 0 Å². The van der Waals surface area contributed by atoms with Gasteiger partial charge in [-0.1, -0.05) is 30.3 Å². The van der Waals surface area contributed by atoms with Crippen molar-refractivity contribution < 1.29 is 14.7 Å². The number of aryl methyl sites for hydroxylation is 1. The zero-order valence-electron chi connectivity index (χ0n) is 10.9. The van der Waals surface area contributed by atoms with Crippen LogP contribution in [-0.4, -0.2) is 28.4 Å². The quantitative estimate of drug-likeness (QED) is 0.882. The largest absolute Gasteiger partial charge is 0.478 e. The first kappa shape index (κ1) is 13.3. The van der Waals surface area contributed by atoms with Crippen LogP contribution in [0.3, 0.4) is 0 Å². The number of amides is 1. The second-order valence-corrected chi connectivity index (χ2v) is 4.68. The fourth-order valence-corrected chi connectivity index (χ4v) is 2.33. The van der Waals surface area contributed by atoms with Crippen LogP contribution in [-0.2, 0) is 16.0 Å². The number of nitrogens with zero attached hydrogens (tertiary/aromatic N) is 1. The molecule has 0 unspecified atom stereocenters. The average Bonchev–Trinajstić information content (AvgIpc) is 2.68. The minimum atomic E-state index is -0.989. The number of rotatable bonds is 5. The van der Waals surface area contributed by atoms with Crippen LogP contribution in [0.2, 0.25) is 0 Å². The SMILES string of the molecule is CC1=C(C(=O)O)CC(=O)N1CCCc1ccccc1. The van der Waals surface area contributed by atoms with Crippen LogP contribution in [0, 0.1) is 0 Å². The van der Waals surface area contributed by atoms with E-state index in [2.05, 4.69) is 12.1 Å². The summed E-state index contributed by atoms with van der Waals surface area (Å²) in [6.07, 6.45) is 1.74. The smallest absolute Gasteiger partial charge is 0.333 e. The highest BCUT2D eigenvalue weighted by Gasteiger charge is 2.30. The van der Waals surface area contributed by atoms with E-state index >= 15 is 0 Å². The molecule has 4 heteroatoms. The minimum absolute atomic E-state index is 0.0203. The summed E-state index contributed by atoms with van der Waals surface area (Å²) in [5.74, 6) is -1.10. The summed E-state index contributed by atoms with van der Waals surface area (Å²) in [5.41, 5.74) is 2.05. The number of carboxylic acids is 1. The van der Waals surface area contributed by atoms with Crippen molar-refractivity contribution in [3.05, 3.63) is 47.2 Å². The molecule has 0 aromatic heterocycles. The lowest BCUT2D eigenvalue weighted by Crippen LogP contribution is -2.25. The molecule has 0 saturated carbocycles. The Morgan fingerprint density at radius 3 is 2.58 bits per heavy atom. The van der Waals surface area contributed by atoms with Crippen molar-refractivity contribution in [1.29, 1.82) is 0 Å². The number of carboxylic acid groups (broad SMARTS) is 1. The van der Waals surface area contributed by atoms with Crippen molar-refractivity contribution in [1.82, 2.24) is 4.90 Å². The molecule has 0 spiro atoms. The number of aliphatic carboxylic acids is 1. The third kappa shape index (κ3) is 3.02. The Hall–Kier alpha value is -2.10. The van der Waals surface area contributed by atoms with E-state index in [0.717, 1.165) is 12.8 Å². The summed E-state index contributed by atoms with van der Waals surface area (Å²) in [5, 5.41) is 8.99. The van der Waals surface area contributed by atoms with Gasteiger partial charge in [-0.3, -0.25) is 4.79 Å². The molecule has 2 rings (SSSR count). The molecule has 1 aliphatic heterocycles. The van der Waals surface area contributed by atoms with Crippen molar-refractivity contribution in [2.24, 2.45) is 0 Å². The second-order valence-electron chi connectivity index (χ2n) is 4.68. The Balaban J connectivity index is 1.93. The molecule has 0 saturated heterocycles. The number of carbonyl (C=O) groups is 2. The topological polar surface area (TPSA) is 57.6 Å². The number of carbonyl (C=O) groups excluding carboxylic acids is 1. The Morgan fingerprint density at radius 2 is 2.00 bits per heavy atom. The number of hydrogen-bond acceptors (Lipinski definition) is 2. The van der Waals surface area contributed by atoms with E-state index in [4.69, 9.17) is 5.11 Å². The van der Waals surface area contributed by atoms with Crippen molar-refractivity contribution >= 4 is 11.9 Å². The summed E-state index contributed by atoms with van der Waals surface area (Å²) in [6, 6.07) is 10.1. The fraction of sp³-hybridized carbons (Fsp3) is 0.333. The van der Waals surface area contributed by atoms with Crippen molar-refractivity contribution in [3.63, 3.8) is 0 Å². The molecule has 1 aromatic carbocycles. The third-order valence-corrected chi connectivity index (χ3v) is 3.42. The zero-order valence-corrected chi connectivity index (χ0v) is 10.9. The van der Waals surface area contributed by atoms with E-state index < -0.39 is 5.97 Å². The van der Waals surface area contributed by atoms with Gasteiger partial charge in [0.15, 0.2) is 0 Å². The van der Waals surface area contributed by atoms with Crippen LogP contribution in [0.15, 0.2) is 41.6 Å². The summed E-state index contributed by atoms with van der Waals surface area (Å²) < 4.78 is 0. The maximum absolute atomic E-state index is 11.8. The van der Waals surface area contributed by atoms with Crippen LogP contribution in [0.4, 0.5) is 0 Å². The Bertz CT molecular complexity index is 519. The normalized spacial score (nSPS) is 15.2. The van der Waals surface area contributed by atoms with E-state index in [-0.39, 0.29) is 17.9 Å². The van der Waals surface area contributed by atoms with Crippen LogP contribution >= 0.6 is 0 Å². The standard InChI is InChI=1S/C15H17NO3/c1-11-13(15(18)19)10-14(17)16(11)9-5-8-12-6-3-2-4-7-12/h2-4,6-7H,5,8-10H2,1H3,(H,18,19). The van der Waals surface area contributed by atoms with Crippen molar-refractivity contribution in [2.45, 2.75) is 26.2 Å². The van der Waals surface area contributed by atoms with Gasteiger partial charge in [-0.2, -0.15) is 0 Å². The maximum Gasteiger partial charge on any atom is 0.333 e. The predicted octanol–water partition coefficient (Wildman–Crippen LogP) is 2.21. The molecule has 1 amide bonds. The molecule has 4 nitrogen and oxygen atoms in total. The van der Waals surface area contributed by atoms with E-state index in [1.807, 2.05) is 18.2 Å². The molecular formula is C15H17NO3. The van der Waals surface area contributed by atoms with Crippen LogP contribution in [0.1, 0.15) is 25.3 Å². The molecule has 0 aliphatic carbocycles. The highest BCUT2D eigenvalue weighted by Crippen LogP contribution is 2.24. The van der Waals surface area contributed by atoms with E-state index in [1.165, 1.54) is 5.56 Å². The second kappa shape index (κ2) is 5.69. The van der Waals surface area contributed by atoms with Gasteiger partial charge in [0.1, 0.15) is 0 Å². The number of hydrogen-bond donors (Lipinski definition) is 1. The van der Waals surface area contributed by atoms with Gasteiger partial charge in [0.2, 0.25) is 5.91 Å². The van der Waals surface area contributed by atoms with Gasteiger partial charge in [0.25, 0.3) is 0 Å². The van der Waals surface area contributed by atoms with Crippen molar-refractivity contribution in [2.75, 3.05) is 6.54 Å². The molecule has 19 heavy (non-hydrogen) atoms. The summed E-state index contributed by atoms with van der Waals surface area (Å²) in [4.78, 5) is 24.3. The fourth-order valence-electron chi connectivity index (χ4n) is 2.33. The minimum Gasteiger partial charge on any atom is -0.478 e. The molecular weight excluding hydrogens is 242 g/mol. The van der Waals surface area contributed by atoms with Gasteiger partial charge in [-0.25, -0.2) is 4.79 Å². The van der Waals surface area contributed by atoms with Gasteiger partial charge in [0.05, 0.1) is 12.0 Å². The maximum atomic E-state index is 11.8. The van der Waals surface area contributed by atoms with Crippen LogP contribution in [0.25, 0.3) is 0 Å². The Kier molecular flexibility index (Phi) is 4.00. The van der Waals surface area contributed by atoms with Gasteiger partial charge in [-0.05, 0) is 25.3 Å². The van der Waals surface area contributed by atoms with E-state index in [9.17, 15) is 9.59 Å². The Labute approximate surface area is 112 Å². The first-order valence-corrected chi connectivity index (χ1v) is 6.37. The van der Waals surface area contributed by atoms with E-state index in [0.29, 0.717) is 12.2 Å². The first-order valence-electron chi connectivity index (χ1n) is 6.37. The summed E-state index contributed by atoms with van der Waals surface area (Å²) >= 11 is 0. The molecule has 100 valence electrons. The van der Waals surface area contributed by atoms with E-state index in [1.54, 1.807) is 11.8 Å². The first-order chi connectivity index (χ1) is 9.09. The summed E-state index contributed by atoms with van der Waals surface area (Å²) in [6.45, 7) is 2.28. The highest BCUT2D eigenvalue weighted by molar-refractivity contribution is 5.99. The highest BCUT2D eigenvalue weighted by atomic mass is 16.4. The van der Waals surface area contributed by atoms with Crippen LogP contribution < -0.4 is 0 Å². The van der Waals surface area contributed by atoms with Gasteiger partial charge >= 0.3 is 5.97 Å². The molecule has 0 radical (unpaired) electrons.